The van der Waals surface area contributed by atoms with E-state index in [9.17, 15) is 13.6 Å². The summed E-state index contributed by atoms with van der Waals surface area (Å²) >= 11 is 0. The number of aromatic nitrogens is 1. The molecular weight excluding hydrogens is 362 g/mol. The number of carbonyl (C=O) groups excluding carboxylic acids is 1. The highest BCUT2D eigenvalue weighted by Gasteiger charge is 2.25. The van der Waals surface area contributed by atoms with Crippen molar-refractivity contribution in [2.45, 2.75) is 13.0 Å². The van der Waals surface area contributed by atoms with E-state index in [0.29, 0.717) is 18.7 Å². The molecule has 0 unspecified atom stereocenters. The van der Waals surface area contributed by atoms with Gasteiger partial charge in [0.05, 0.1) is 11.1 Å². The molecular formula is C21H20F2N4O. The van der Waals surface area contributed by atoms with Crippen molar-refractivity contribution in [3.63, 3.8) is 0 Å². The number of carbonyl (C=O) groups is 1. The average molecular weight is 382 g/mol. The summed E-state index contributed by atoms with van der Waals surface area (Å²) in [5.41, 5.74) is 8.91. The first-order valence-electron chi connectivity index (χ1n) is 9.16. The monoisotopic (exact) mass is 382 g/mol. The van der Waals surface area contributed by atoms with E-state index in [1.807, 2.05) is 24.3 Å². The third kappa shape index (κ3) is 3.46. The van der Waals surface area contributed by atoms with E-state index >= 15 is 0 Å². The van der Waals surface area contributed by atoms with Gasteiger partial charge in [-0.05, 0) is 18.2 Å². The fourth-order valence-corrected chi connectivity index (χ4v) is 3.65. The van der Waals surface area contributed by atoms with E-state index in [0.717, 1.165) is 53.8 Å². The van der Waals surface area contributed by atoms with Crippen LogP contribution in [0.4, 0.5) is 14.5 Å². The molecule has 2 aromatic carbocycles. The summed E-state index contributed by atoms with van der Waals surface area (Å²) in [6.45, 7) is 2.67. The van der Waals surface area contributed by atoms with Crippen molar-refractivity contribution in [1.82, 2.24) is 9.88 Å². The van der Waals surface area contributed by atoms with Crippen molar-refractivity contribution in [2.75, 3.05) is 25.0 Å². The minimum absolute atomic E-state index is 0.202. The van der Waals surface area contributed by atoms with Gasteiger partial charge in [-0.1, -0.05) is 18.2 Å². The van der Waals surface area contributed by atoms with Gasteiger partial charge in [0.25, 0.3) is 5.91 Å². The lowest BCUT2D eigenvalue weighted by Crippen LogP contribution is -2.36. The number of benzene rings is 2. The first-order valence-corrected chi connectivity index (χ1v) is 9.16. The van der Waals surface area contributed by atoms with E-state index in [-0.39, 0.29) is 11.6 Å². The van der Waals surface area contributed by atoms with Crippen molar-refractivity contribution >= 4 is 22.5 Å². The largest absolute Gasteiger partial charge is 0.329 e. The molecule has 0 aliphatic carbocycles. The van der Waals surface area contributed by atoms with Crippen LogP contribution in [0.5, 0.6) is 0 Å². The fourth-order valence-electron chi connectivity index (χ4n) is 3.65. The molecule has 0 spiro atoms. The second kappa shape index (κ2) is 7.61. The molecule has 7 heteroatoms. The molecule has 1 aliphatic rings. The molecule has 2 heterocycles. The third-order valence-corrected chi connectivity index (χ3v) is 4.98. The van der Waals surface area contributed by atoms with Crippen LogP contribution in [0.2, 0.25) is 0 Å². The molecule has 3 N–H and O–H groups in total. The quantitative estimate of drug-likeness (QED) is 0.728. The van der Waals surface area contributed by atoms with Gasteiger partial charge in [0.1, 0.15) is 0 Å². The SMILES string of the molecule is NCCN1CCc2nc3ccccc3c(C(=O)Nc3ccc(F)c(F)c3)c2C1. The number of fused-ring (bicyclic) bond motifs is 2. The lowest BCUT2D eigenvalue weighted by Gasteiger charge is -2.29. The summed E-state index contributed by atoms with van der Waals surface area (Å²) in [6, 6.07) is 10.8. The normalized spacial score (nSPS) is 14.1. The number of hydrogen-bond donors (Lipinski definition) is 2. The highest BCUT2D eigenvalue weighted by molar-refractivity contribution is 6.13. The van der Waals surface area contributed by atoms with Gasteiger partial charge >= 0.3 is 0 Å². The zero-order chi connectivity index (χ0) is 19.7. The second-order valence-electron chi connectivity index (χ2n) is 6.83. The number of nitrogens with zero attached hydrogens (tertiary/aromatic N) is 2. The van der Waals surface area contributed by atoms with E-state index in [2.05, 4.69) is 10.2 Å². The first kappa shape index (κ1) is 18.5. The van der Waals surface area contributed by atoms with Gasteiger partial charge < -0.3 is 11.1 Å². The number of amides is 1. The summed E-state index contributed by atoms with van der Waals surface area (Å²) in [5.74, 6) is -2.33. The van der Waals surface area contributed by atoms with Crippen LogP contribution in [-0.4, -0.2) is 35.4 Å². The molecule has 0 saturated heterocycles. The molecule has 0 fully saturated rings. The number of hydrogen-bond acceptors (Lipinski definition) is 4. The molecule has 0 bridgehead atoms. The number of rotatable bonds is 4. The Balaban J connectivity index is 1.78. The molecule has 4 rings (SSSR count). The zero-order valence-electron chi connectivity index (χ0n) is 15.2. The first-order chi connectivity index (χ1) is 13.6. The van der Waals surface area contributed by atoms with Crippen molar-refractivity contribution in [3.8, 4) is 0 Å². The third-order valence-electron chi connectivity index (χ3n) is 4.98. The lowest BCUT2D eigenvalue weighted by molar-refractivity contribution is 0.102. The van der Waals surface area contributed by atoms with Crippen LogP contribution in [0, 0.1) is 11.6 Å². The van der Waals surface area contributed by atoms with Gasteiger partial charge in [-0.25, -0.2) is 8.78 Å². The molecule has 144 valence electrons. The predicted molar refractivity (Wildman–Crippen MR) is 104 cm³/mol. The van der Waals surface area contributed by atoms with E-state index in [1.165, 1.54) is 6.07 Å². The minimum atomic E-state index is -1.01. The highest BCUT2D eigenvalue weighted by atomic mass is 19.2. The van der Waals surface area contributed by atoms with Crippen LogP contribution in [0.3, 0.4) is 0 Å². The second-order valence-corrected chi connectivity index (χ2v) is 6.83. The average Bonchev–Trinajstić information content (AvgIpc) is 2.69. The van der Waals surface area contributed by atoms with Crippen molar-refractivity contribution < 1.29 is 13.6 Å². The van der Waals surface area contributed by atoms with Gasteiger partial charge in [-0.15, -0.1) is 0 Å². The summed E-state index contributed by atoms with van der Waals surface area (Å²) in [7, 11) is 0. The summed E-state index contributed by atoms with van der Waals surface area (Å²) in [5, 5.41) is 3.43. The smallest absolute Gasteiger partial charge is 0.256 e. The molecule has 1 aliphatic heterocycles. The summed E-state index contributed by atoms with van der Waals surface area (Å²) < 4.78 is 26.7. The van der Waals surface area contributed by atoms with Crippen LogP contribution < -0.4 is 11.1 Å². The Morgan fingerprint density at radius 2 is 2.00 bits per heavy atom. The fraction of sp³-hybridized carbons (Fsp3) is 0.238. The maximum atomic E-state index is 13.5. The molecule has 1 amide bonds. The molecule has 28 heavy (non-hydrogen) atoms. The van der Waals surface area contributed by atoms with Gasteiger partial charge in [-0.3, -0.25) is 14.7 Å². The molecule has 5 nitrogen and oxygen atoms in total. The molecule has 0 radical (unpaired) electrons. The number of halogens is 2. The molecule has 3 aromatic rings. The molecule has 0 atom stereocenters. The summed E-state index contributed by atoms with van der Waals surface area (Å²) in [4.78, 5) is 20.1. The Bertz CT molecular complexity index is 1050. The van der Waals surface area contributed by atoms with Crippen LogP contribution in [0.1, 0.15) is 21.6 Å². The van der Waals surface area contributed by atoms with Crippen molar-refractivity contribution in [1.29, 1.82) is 0 Å². The van der Waals surface area contributed by atoms with Gasteiger partial charge in [-0.2, -0.15) is 0 Å². The highest BCUT2D eigenvalue weighted by Crippen LogP contribution is 2.29. The van der Waals surface area contributed by atoms with Crippen molar-refractivity contribution in [2.24, 2.45) is 5.73 Å². The lowest BCUT2D eigenvalue weighted by atomic mass is 9.95. The number of nitrogens with two attached hydrogens (primary N) is 1. The molecule has 1 aromatic heterocycles. The minimum Gasteiger partial charge on any atom is -0.329 e. The van der Waals surface area contributed by atoms with E-state index in [4.69, 9.17) is 10.7 Å². The standard InChI is InChI=1S/C21H20F2N4O/c22-16-6-5-13(11-17(16)23)25-21(28)20-14-3-1-2-4-18(14)26-19-7-9-27(10-8-24)12-15(19)20/h1-6,11H,7-10,12,24H2,(H,25,28). The number of para-hydroxylation sites is 1. The van der Waals surface area contributed by atoms with E-state index < -0.39 is 11.6 Å². The van der Waals surface area contributed by atoms with Crippen LogP contribution in [0.25, 0.3) is 10.9 Å². The maximum Gasteiger partial charge on any atom is 0.256 e. The Morgan fingerprint density at radius 1 is 1.18 bits per heavy atom. The Morgan fingerprint density at radius 3 is 2.79 bits per heavy atom. The Kier molecular flexibility index (Phi) is 5.02. The Hall–Kier alpha value is -2.90. The van der Waals surface area contributed by atoms with Gasteiger partial charge in [0, 0.05) is 61.0 Å². The van der Waals surface area contributed by atoms with Crippen LogP contribution >= 0.6 is 0 Å². The van der Waals surface area contributed by atoms with Gasteiger partial charge in [0.2, 0.25) is 0 Å². The Labute approximate surface area is 161 Å². The topological polar surface area (TPSA) is 71.2 Å². The maximum absolute atomic E-state index is 13.5. The number of nitrogens with one attached hydrogen (secondary N) is 1. The summed E-state index contributed by atoms with van der Waals surface area (Å²) in [6.07, 6.45) is 0.728. The van der Waals surface area contributed by atoms with Crippen molar-refractivity contribution in [3.05, 3.63) is 70.9 Å². The van der Waals surface area contributed by atoms with Gasteiger partial charge in [0.15, 0.2) is 11.6 Å². The van der Waals surface area contributed by atoms with E-state index in [1.54, 1.807) is 0 Å². The predicted octanol–water partition coefficient (Wildman–Crippen LogP) is 3.08. The molecule has 0 saturated carbocycles. The zero-order valence-corrected chi connectivity index (χ0v) is 15.2. The number of anilines is 1. The van der Waals surface area contributed by atoms with Crippen LogP contribution in [0.15, 0.2) is 42.5 Å². The van der Waals surface area contributed by atoms with Crippen LogP contribution in [-0.2, 0) is 13.0 Å². The number of pyridine rings is 1.